The zero-order valence-electron chi connectivity index (χ0n) is 12.4. The number of carbonyl (C=O) groups excluding carboxylic acids is 1. The van der Waals surface area contributed by atoms with Crippen LogP contribution in [0, 0.1) is 0 Å². The van der Waals surface area contributed by atoms with E-state index in [0.29, 0.717) is 25.4 Å². The molecular weight excluding hydrogens is 280 g/mol. The maximum atomic E-state index is 12.6. The predicted molar refractivity (Wildman–Crippen MR) is 79.2 cm³/mol. The van der Waals surface area contributed by atoms with E-state index in [1.54, 1.807) is 23.8 Å². The van der Waals surface area contributed by atoms with Gasteiger partial charge in [0, 0.05) is 37.7 Å². The third-order valence-corrected chi connectivity index (χ3v) is 4.59. The predicted octanol–water partition coefficient (Wildman–Crippen LogP) is 1.36. The number of amides is 2. The zero-order valence-corrected chi connectivity index (χ0v) is 13.2. The van der Waals surface area contributed by atoms with E-state index in [1.165, 1.54) is 4.90 Å². The Kier molecular flexibility index (Phi) is 7.15. The molecule has 2 atom stereocenters. The highest BCUT2D eigenvalue weighted by molar-refractivity contribution is 7.99. The van der Waals surface area contributed by atoms with E-state index in [1.807, 2.05) is 13.8 Å². The Morgan fingerprint density at radius 3 is 2.80 bits per heavy atom. The summed E-state index contributed by atoms with van der Waals surface area (Å²) in [4.78, 5) is 27.1. The van der Waals surface area contributed by atoms with Gasteiger partial charge in [-0.25, -0.2) is 9.59 Å². The number of thioether (sulfide) groups is 1. The molecule has 1 rings (SSSR count). The van der Waals surface area contributed by atoms with Gasteiger partial charge >= 0.3 is 12.0 Å². The van der Waals surface area contributed by atoms with Crippen LogP contribution in [0.5, 0.6) is 0 Å². The van der Waals surface area contributed by atoms with Crippen molar-refractivity contribution in [1.82, 2.24) is 9.80 Å². The second-order valence-electron chi connectivity index (χ2n) is 4.85. The molecule has 116 valence electrons. The van der Waals surface area contributed by atoms with Crippen LogP contribution in [0.2, 0.25) is 0 Å². The highest BCUT2D eigenvalue weighted by atomic mass is 32.2. The van der Waals surface area contributed by atoms with Gasteiger partial charge in [-0.2, -0.15) is 11.8 Å². The lowest BCUT2D eigenvalue weighted by atomic mass is 10.2. The van der Waals surface area contributed by atoms with Crippen molar-refractivity contribution < 1.29 is 19.4 Å². The number of urea groups is 1. The van der Waals surface area contributed by atoms with Crippen molar-refractivity contribution in [2.75, 3.05) is 38.3 Å². The molecule has 0 aliphatic carbocycles. The van der Waals surface area contributed by atoms with Gasteiger partial charge < -0.3 is 19.6 Å². The Balaban J connectivity index is 2.82. The molecule has 7 heteroatoms. The minimum Gasteiger partial charge on any atom is -0.480 e. The number of carbonyl (C=O) groups is 2. The highest BCUT2D eigenvalue weighted by Gasteiger charge is 2.35. The van der Waals surface area contributed by atoms with Gasteiger partial charge in [0.05, 0.1) is 6.61 Å². The van der Waals surface area contributed by atoms with E-state index in [9.17, 15) is 14.7 Å². The average Bonchev–Trinajstić information content (AvgIpc) is 2.46. The quantitative estimate of drug-likeness (QED) is 0.802. The van der Waals surface area contributed by atoms with Crippen LogP contribution in [0.25, 0.3) is 0 Å². The number of nitrogens with zero attached hydrogens (tertiary/aromatic N) is 2. The fourth-order valence-electron chi connectivity index (χ4n) is 2.12. The first-order valence-electron chi connectivity index (χ1n) is 6.89. The Morgan fingerprint density at radius 2 is 2.25 bits per heavy atom. The number of hydrogen-bond donors (Lipinski definition) is 1. The smallest absolute Gasteiger partial charge is 0.327 e. The van der Waals surface area contributed by atoms with Crippen molar-refractivity contribution in [3.63, 3.8) is 0 Å². The molecule has 0 bridgehead atoms. The summed E-state index contributed by atoms with van der Waals surface area (Å²) in [7, 11) is 1.59. The molecule has 0 spiro atoms. The summed E-state index contributed by atoms with van der Waals surface area (Å²) in [5.41, 5.74) is 0. The monoisotopic (exact) mass is 304 g/mol. The maximum absolute atomic E-state index is 12.6. The topological polar surface area (TPSA) is 70.1 Å². The molecule has 6 nitrogen and oxygen atoms in total. The molecule has 1 N–H and O–H groups in total. The van der Waals surface area contributed by atoms with Gasteiger partial charge in [-0.3, -0.25) is 0 Å². The van der Waals surface area contributed by atoms with E-state index < -0.39 is 12.0 Å². The first kappa shape index (κ1) is 17.1. The van der Waals surface area contributed by atoms with Gasteiger partial charge in [0.25, 0.3) is 0 Å². The van der Waals surface area contributed by atoms with Gasteiger partial charge in [-0.15, -0.1) is 0 Å². The van der Waals surface area contributed by atoms with Crippen LogP contribution in [0.1, 0.15) is 20.3 Å². The third kappa shape index (κ3) is 4.28. The number of methoxy groups -OCH3 is 1. The minimum atomic E-state index is -0.929. The molecular formula is C13H24N2O4S. The van der Waals surface area contributed by atoms with Crippen LogP contribution in [-0.2, 0) is 9.53 Å². The summed E-state index contributed by atoms with van der Waals surface area (Å²) in [5.74, 6) is 0.315. The molecule has 1 heterocycles. The van der Waals surface area contributed by atoms with E-state index >= 15 is 0 Å². The average molecular weight is 304 g/mol. The Morgan fingerprint density at radius 1 is 1.55 bits per heavy atom. The molecule has 1 aliphatic rings. The van der Waals surface area contributed by atoms with Crippen LogP contribution >= 0.6 is 11.8 Å². The normalized spacial score (nSPS) is 20.6. The number of hydrogen-bond acceptors (Lipinski definition) is 4. The lowest BCUT2D eigenvalue weighted by molar-refractivity contribution is -0.141. The Hall–Kier alpha value is -0.950. The van der Waals surface area contributed by atoms with Crippen molar-refractivity contribution >= 4 is 23.8 Å². The summed E-state index contributed by atoms with van der Waals surface area (Å²) in [5, 5.41) is 9.26. The lowest BCUT2D eigenvalue weighted by Crippen LogP contribution is -2.57. The molecule has 0 radical (unpaired) electrons. The second kappa shape index (κ2) is 8.36. The van der Waals surface area contributed by atoms with Crippen molar-refractivity contribution in [3.8, 4) is 0 Å². The van der Waals surface area contributed by atoms with E-state index in [-0.39, 0.29) is 12.1 Å². The third-order valence-electron chi connectivity index (χ3n) is 3.56. The summed E-state index contributed by atoms with van der Waals surface area (Å²) >= 11 is 1.58. The summed E-state index contributed by atoms with van der Waals surface area (Å²) in [6.07, 6.45) is 0.829. The van der Waals surface area contributed by atoms with Gasteiger partial charge in [0.15, 0.2) is 0 Å². The second-order valence-corrected chi connectivity index (χ2v) is 6.00. The van der Waals surface area contributed by atoms with Gasteiger partial charge in [0.1, 0.15) is 6.04 Å². The van der Waals surface area contributed by atoms with Crippen molar-refractivity contribution in [3.05, 3.63) is 0 Å². The molecule has 20 heavy (non-hydrogen) atoms. The SMILES string of the molecule is CCC(C)N(CCOC)C(=O)N1CCSCC1C(=O)O. The highest BCUT2D eigenvalue weighted by Crippen LogP contribution is 2.19. The standard InChI is InChI=1S/C13H24N2O4S/c1-4-10(2)14(5-7-19-3)13(18)15-6-8-20-9-11(15)12(16)17/h10-11H,4-9H2,1-3H3,(H,16,17). The molecule has 2 amide bonds. The first-order valence-corrected chi connectivity index (χ1v) is 8.05. The molecule has 0 aromatic rings. The minimum absolute atomic E-state index is 0.0710. The fraction of sp³-hybridized carbons (Fsp3) is 0.846. The van der Waals surface area contributed by atoms with Crippen molar-refractivity contribution in [2.24, 2.45) is 0 Å². The van der Waals surface area contributed by atoms with Crippen LogP contribution in [0.4, 0.5) is 4.79 Å². The number of carboxylic acids is 1. The van der Waals surface area contributed by atoms with Gasteiger partial charge in [0.2, 0.25) is 0 Å². The molecule has 0 aromatic heterocycles. The van der Waals surface area contributed by atoms with E-state index in [4.69, 9.17) is 4.74 Å². The molecule has 1 aliphatic heterocycles. The number of ether oxygens (including phenoxy) is 1. The Bertz CT molecular complexity index is 340. The van der Waals surface area contributed by atoms with Crippen LogP contribution < -0.4 is 0 Å². The largest absolute Gasteiger partial charge is 0.480 e. The first-order chi connectivity index (χ1) is 9.52. The van der Waals surface area contributed by atoms with Gasteiger partial charge in [-0.1, -0.05) is 6.92 Å². The van der Waals surface area contributed by atoms with E-state index in [0.717, 1.165) is 12.2 Å². The number of aliphatic carboxylic acids is 1. The van der Waals surface area contributed by atoms with Crippen LogP contribution in [0.15, 0.2) is 0 Å². The van der Waals surface area contributed by atoms with E-state index in [2.05, 4.69) is 0 Å². The molecule has 1 saturated heterocycles. The molecule has 1 fully saturated rings. The van der Waals surface area contributed by atoms with Gasteiger partial charge in [-0.05, 0) is 13.3 Å². The fourth-order valence-corrected chi connectivity index (χ4v) is 3.16. The molecule has 0 aromatic carbocycles. The summed E-state index contributed by atoms with van der Waals surface area (Å²) in [6.45, 7) is 5.41. The summed E-state index contributed by atoms with van der Waals surface area (Å²) in [6, 6.07) is -0.846. The lowest BCUT2D eigenvalue weighted by Gasteiger charge is -2.38. The zero-order chi connectivity index (χ0) is 15.1. The number of rotatable bonds is 6. The van der Waals surface area contributed by atoms with Crippen molar-refractivity contribution in [2.45, 2.75) is 32.4 Å². The maximum Gasteiger partial charge on any atom is 0.327 e. The Labute approximate surface area is 124 Å². The van der Waals surface area contributed by atoms with Crippen molar-refractivity contribution in [1.29, 1.82) is 0 Å². The summed E-state index contributed by atoms with van der Waals surface area (Å²) < 4.78 is 5.05. The van der Waals surface area contributed by atoms with Crippen LogP contribution in [-0.4, -0.2) is 77.3 Å². The van der Waals surface area contributed by atoms with Crippen LogP contribution in [0.3, 0.4) is 0 Å². The molecule has 0 saturated carbocycles. The number of carboxylic acid groups (broad SMARTS) is 1. The molecule has 2 unspecified atom stereocenters.